The summed E-state index contributed by atoms with van der Waals surface area (Å²) in [6.07, 6.45) is 2.40. The van der Waals surface area contributed by atoms with Crippen LogP contribution in [0.4, 0.5) is 0 Å². The van der Waals surface area contributed by atoms with E-state index in [1.165, 1.54) is 32.5 Å². The highest BCUT2D eigenvalue weighted by Gasteiger charge is 2.23. The smallest absolute Gasteiger partial charge is 0.00451 e. The third kappa shape index (κ3) is 4.60. The van der Waals surface area contributed by atoms with E-state index in [2.05, 4.69) is 62.2 Å². The zero-order chi connectivity index (χ0) is 14.6. The molecule has 0 bridgehead atoms. The minimum absolute atomic E-state index is 0.334. The molecule has 1 heterocycles. The Kier molecular flexibility index (Phi) is 5.22. The van der Waals surface area contributed by atoms with E-state index in [0.29, 0.717) is 11.5 Å². The molecule has 2 rings (SSSR count). The van der Waals surface area contributed by atoms with Crippen LogP contribution in [0, 0.1) is 5.41 Å². The van der Waals surface area contributed by atoms with Crippen LogP contribution in [0.1, 0.15) is 38.8 Å². The predicted molar refractivity (Wildman–Crippen MR) is 87.2 cm³/mol. The summed E-state index contributed by atoms with van der Waals surface area (Å²) in [6, 6.07) is 9.51. The van der Waals surface area contributed by atoms with Crippen molar-refractivity contribution in [3.8, 4) is 0 Å². The van der Waals surface area contributed by atoms with Crippen molar-refractivity contribution in [2.24, 2.45) is 5.41 Å². The van der Waals surface area contributed by atoms with Gasteiger partial charge in [0.2, 0.25) is 0 Å². The Morgan fingerprint density at radius 1 is 1.10 bits per heavy atom. The summed E-state index contributed by atoms with van der Waals surface area (Å²) < 4.78 is 0. The maximum absolute atomic E-state index is 3.58. The Morgan fingerprint density at radius 2 is 1.65 bits per heavy atom. The Hall–Kier alpha value is -0.860. The zero-order valence-corrected chi connectivity index (χ0v) is 13.6. The molecule has 0 aliphatic carbocycles. The molecule has 0 saturated carbocycles. The quantitative estimate of drug-likeness (QED) is 0.887. The van der Waals surface area contributed by atoms with Gasteiger partial charge in [-0.15, -0.1) is 0 Å². The molecular formula is C18H30N2. The molecule has 2 nitrogen and oxygen atoms in total. The zero-order valence-electron chi connectivity index (χ0n) is 13.6. The lowest BCUT2D eigenvalue weighted by molar-refractivity contribution is 0.177. The number of benzene rings is 1. The van der Waals surface area contributed by atoms with E-state index in [4.69, 9.17) is 0 Å². The summed E-state index contributed by atoms with van der Waals surface area (Å²) in [5.41, 5.74) is 3.43. The molecule has 0 fully saturated rings. The Bertz CT molecular complexity index is 396. The fraction of sp³-hybridized carbons (Fsp3) is 0.667. The van der Waals surface area contributed by atoms with Crippen molar-refractivity contribution in [3.05, 3.63) is 35.4 Å². The number of hydrogen-bond acceptors (Lipinski definition) is 2. The van der Waals surface area contributed by atoms with Gasteiger partial charge in [0.1, 0.15) is 0 Å². The topological polar surface area (TPSA) is 15.3 Å². The summed E-state index contributed by atoms with van der Waals surface area (Å²) in [6.45, 7) is 13.9. The van der Waals surface area contributed by atoms with Gasteiger partial charge in [0.05, 0.1) is 0 Å². The van der Waals surface area contributed by atoms with E-state index in [1.54, 1.807) is 11.1 Å². The van der Waals surface area contributed by atoms with Crippen LogP contribution in [0.25, 0.3) is 0 Å². The van der Waals surface area contributed by atoms with Crippen LogP contribution in [0.5, 0.6) is 0 Å². The van der Waals surface area contributed by atoms with Crippen molar-refractivity contribution in [2.75, 3.05) is 26.2 Å². The summed E-state index contributed by atoms with van der Waals surface area (Å²) >= 11 is 0. The number of hydrogen-bond donors (Lipinski definition) is 1. The van der Waals surface area contributed by atoms with Crippen LogP contribution >= 0.6 is 0 Å². The van der Waals surface area contributed by atoms with Crippen LogP contribution in [0.2, 0.25) is 0 Å². The van der Waals surface area contributed by atoms with Gasteiger partial charge in [-0.05, 0) is 29.4 Å². The summed E-state index contributed by atoms with van der Waals surface area (Å²) in [5, 5.41) is 3.58. The molecule has 0 aromatic heterocycles. The highest BCUT2D eigenvalue weighted by molar-refractivity contribution is 5.28. The first-order valence-electron chi connectivity index (χ1n) is 7.99. The molecule has 0 atom stereocenters. The van der Waals surface area contributed by atoms with Crippen molar-refractivity contribution >= 4 is 0 Å². The second-order valence-electron chi connectivity index (χ2n) is 7.24. The standard InChI is InChI=1S/C18H30N2/c1-15(2)19-13-18(3,4)14-20-11-9-16-7-5-6-8-17(16)10-12-20/h5-8,15,19H,9-14H2,1-4H3. The largest absolute Gasteiger partial charge is 0.314 e. The maximum Gasteiger partial charge on any atom is 0.00451 e. The van der Waals surface area contributed by atoms with E-state index in [-0.39, 0.29) is 0 Å². The summed E-state index contributed by atoms with van der Waals surface area (Å²) in [7, 11) is 0. The molecule has 112 valence electrons. The van der Waals surface area contributed by atoms with Crippen molar-refractivity contribution < 1.29 is 0 Å². The van der Waals surface area contributed by atoms with E-state index in [0.717, 1.165) is 6.54 Å². The first-order chi connectivity index (χ1) is 9.46. The van der Waals surface area contributed by atoms with Gasteiger partial charge in [0.15, 0.2) is 0 Å². The minimum atomic E-state index is 0.334. The second kappa shape index (κ2) is 6.73. The van der Waals surface area contributed by atoms with Crippen LogP contribution in [0.3, 0.4) is 0 Å². The predicted octanol–water partition coefficient (Wildman–Crippen LogP) is 3.11. The first kappa shape index (κ1) is 15.5. The first-order valence-corrected chi connectivity index (χ1v) is 7.99. The van der Waals surface area contributed by atoms with E-state index < -0.39 is 0 Å². The highest BCUT2D eigenvalue weighted by Crippen LogP contribution is 2.20. The highest BCUT2D eigenvalue weighted by atomic mass is 15.1. The van der Waals surface area contributed by atoms with E-state index in [9.17, 15) is 0 Å². The third-order valence-corrected chi connectivity index (χ3v) is 4.15. The molecule has 0 saturated heterocycles. The molecule has 20 heavy (non-hydrogen) atoms. The van der Waals surface area contributed by atoms with Gasteiger partial charge in [-0.25, -0.2) is 0 Å². The molecular weight excluding hydrogens is 244 g/mol. The van der Waals surface area contributed by atoms with Gasteiger partial charge in [-0.3, -0.25) is 0 Å². The monoisotopic (exact) mass is 274 g/mol. The summed E-state index contributed by atoms with van der Waals surface area (Å²) in [4.78, 5) is 2.64. The van der Waals surface area contributed by atoms with Crippen molar-refractivity contribution in [2.45, 2.75) is 46.6 Å². The number of fused-ring (bicyclic) bond motifs is 1. The van der Waals surface area contributed by atoms with Crippen molar-refractivity contribution in [1.82, 2.24) is 10.2 Å². The second-order valence-corrected chi connectivity index (χ2v) is 7.24. The lowest BCUT2D eigenvalue weighted by Crippen LogP contribution is -2.43. The summed E-state index contributed by atoms with van der Waals surface area (Å²) in [5.74, 6) is 0. The molecule has 1 aliphatic heterocycles. The van der Waals surface area contributed by atoms with Crippen LogP contribution in [-0.4, -0.2) is 37.1 Å². The normalized spacial score (nSPS) is 17.1. The van der Waals surface area contributed by atoms with Crippen LogP contribution < -0.4 is 5.32 Å². The molecule has 1 aliphatic rings. The molecule has 1 N–H and O–H groups in total. The molecule has 0 amide bonds. The fourth-order valence-electron chi connectivity index (χ4n) is 3.01. The van der Waals surface area contributed by atoms with Gasteiger partial charge in [0.25, 0.3) is 0 Å². The molecule has 2 heteroatoms. The SMILES string of the molecule is CC(C)NCC(C)(C)CN1CCc2ccccc2CC1. The molecule has 0 spiro atoms. The van der Waals surface area contributed by atoms with Crippen LogP contribution in [-0.2, 0) is 12.8 Å². The lowest BCUT2D eigenvalue weighted by atomic mass is 9.92. The van der Waals surface area contributed by atoms with Gasteiger partial charge < -0.3 is 10.2 Å². The third-order valence-electron chi connectivity index (χ3n) is 4.15. The Morgan fingerprint density at radius 3 is 2.15 bits per heavy atom. The number of nitrogens with one attached hydrogen (secondary N) is 1. The number of rotatable bonds is 5. The average molecular weight is 274 g/mol. The number of nitrogens with zero attached hydrogens (tertiary/aromatic N) is 1. The van der Waals surface area contributed by atoms with Gasteiger partial charge in [0, 0.05) is 32.2 Å². The molecule has 0 unspecified atom stereocenters. The van der Waals surface area contributed by atoms with Crippen LogP contribution in [0.15, 0.2) is 24.3 Å². The van der Waals surface area contributed by atoms with E-state index >= 15 is 0 Å². The Labute approximate surface area is 124 Å². The van der Waals surface area contributed by atoms with Gasteiger partial charge in [-0.1, -0.05) is 52.0 Å². The van der Waals surface area contributed by atoms with E-state index in [1.807, 2.05) is 0 Å². The molecule has 0 radical (unpaired) electrons. The minimum Gasteiger partial charge on any atom is -0.314 e. The van der Waals surface area contributed by atoms with Crippen molar-refractivity contribution in [1.29, 1.82) is 0 Å². The maximum atomic E-state index is 3.58. The lowest BCUT2D eigenvalue weighted by Gasteiger charge is -2.33. The molecule has 1 aromatic carbocycles. The van der Waals surface area contributed by atoms with Gasteiger partial charge >= 0.3 is 0 Å². The Balaban J connectivity index is 1.89. The van der Waals surface area contributed by atoms with Gasteiger partial charge in [-0.2, -0.15) is 0 Å². The fourth-order valence-corrected chi connectivity index (χ4v) is 3.01. The van der Waals surface area contributed by atoms with Crippen molar-refractivity contribution in [3.63, 3.8) is 0 Å². The average Bonchev–Trinajstić information content (AvgIpc) is 2.59. The molecule has 1 aromatic rings.